The second-order valence-electron chi connectivity index (χ2n) is 4.41. The van der Waals surface area contributed by atoms with Crippen molar-refractivity contribution in [1.82, 2.24) is 9.97 Å². The average molecular weight is 277 g/mol. The van der Waals surface area contributed by atoms with Gasteiger partial charge in [0.15, 0.2) is 0 Å². The number of hydrogen-bond donors (Lipinski definition) is 2. The molecule has 0 radical (unpaired) electrons. The summed E-state index contributed by atoms with van der Waals surface area (Å²) in [5, 5.41) is 15.1. The van der Waals surface area contributed by atoms with Gasteiger partial charge in [-0.3, -0.25) is 0 Å². The lowest BCUT2D eigenvalue weighted by Crippen LogP contribution is -2.07. The highest BCUT2D eigenvalue weighted by atomic mass is 32.1. The molecule has 0 saturated carbocycles. The van der Waals surface area contributed by atoms with Crippen LogP contribution < -0.4 is 5.32 Å². The molecule has 0 atom stereocenters. The quantitative estimate of drug-likeness (QED) is 0.878. The van der Waals surface area contributed by atoms with Crippen molar-refractivity contribution in [2.24, 2.45) is 0 Å². The fourth-order valence-corrected chi connectivity index (χ4v) is 2.12. The molecule has 2 heterocycles. The summed E-state index contributed by atoms with van der Waals surface area (Å²) in [5.74, 6) is -0.194. The predicted molar refractivity (Wildman–Crippen MR) is 74.7 cm³/mol. The first-order chi connectivity index (χ1) is 9.06. The van der Waals surface area contributed by atoms with E-state index in [0.717, 1.165) is 10.7 Å². The van der Waals surface area contributed by atoms with E-state index >= 15 is 0 Å². The number of anilines is 1. The van der Waals surface area contributed by atoms with Crippen LogP contribution in [0.2, 0.25) is 0 Å². The third kappa shape index (κ3) is 3.51. The molecule has 0 spiro atoms. The molecule has 0 bridgehead atoms. The Labute approximate surface area is 115 Å². The number of aromatic nitrogens is 2. The first kappa shape index (κ1) is 13.5. The van der Waals surface area contributed by atoms with Crippen molar-refractivity contribution in [1.29, 1.82) is 0 Å². The van der Waals surface area contributed by atoms with E-state index in [-0.39, 0.29) is 11.5 Å². The topological polar surface area (TPSA) is 75.1 Å². The Morgan fingerprint density at radius 2 is 2.26 bits per heavy atom. The first-order valence-electron chi connectivity index (χ1n) is 5.94. The maximum Gasteiger partial charge on any atom is 0.335 e. The van der Waals surface area contributed by atoms with Crippen molar-refractivity contribution >= 4 is 23.1 Å². The van der Waals surface area contributed by atoms with E-state index in [9.17, 15) is 4.79 Å². The molecule has 2 aromatic rings. The Hall–Kier alpha value is -1.95. The van der Waals surface area contributed by atoms with Gasteiger partial charge in [-0.05, 0) is 18.1 Å². The number of rotatable bonds is 5. The maximum atomic E-state index is 11.1. The summed E-state index contributed by atoms with van der Waals surface area (Å²) < 4.78 is 0. The molecular weight excluding hydrogens is 262 g/mol. The van der Waals surface area contributed by atoms with Gasteiger partial charge >= 0.3 is 5.97 Å². The van der Waals surface area contributed by atoms with E-state index < -0.39 is 5.97 Å². The van der Waals surface area contributed by atoms with E-state index in [1.54, 1.807) is 29.7 Å². The minimum absolute atomic E-state index is 0.180. The Morgan fingerprint density at radius 3 is 2.84 bits per heavy atom. The number of pyridine rings is 1. The lowest BCUT2D eigenvalue weighted by molar-refractivity contribution is 0.0696. The van der Waals surface area contributed by atoms with Gasteiger partial charge in [0.2, 0.25) is 0 Å². The molecule has 100 valence electrons. The number of thiazole rings is 1. The Morgan fingerprint density at radius 1 is 1.47 bits per heavy atom. The van der Waals surface area contributed by atoms with Crippen molar-refractivity contribution in [3.63, 3.8) is 0 Å². The lowest BCUT2D eigenvalue weighted by atomic mass is 10.1. The minimum Gasteiger partial charge on any atom is -0.478 e. The van der Waals surface area contributed by atoms with Crippen molar-refractivity contribution in [3.05, 3.63) is 40.0 Å². The summed E-state index contributed by atoms with van der Waals surface area (Å²) in [6.07, 6.45) is 1.74. The summed E-state index contributed by atoms with van der Waals surface area (Å²) >= 11 is 1.55. The molecule has 19 heavy (non-hydrogen) atoms. The van der Waals surface area contributed by atoms with Crippen LogP contribution in [0.15, 0.2) is 23.7 Å². The average Bonchev–Trinajstić information content (AvgIpc) is 2.89. The zero-order chi connectivity index (χ0) is 13.8. The van der Waals surface area contributed by atoms with Gasteiger partial charge in [-0.1, -0.05) is 13.8 Å². The smallest absolute Gasteiger partial charge is 0.335 e. The summed E-state index contributed by atoms with van der Waals surface area (Å²) in [7, 11) is 0. The molecular formula is C13H15N3O2S. The molecule has 0 unspecified atom stereocenters. The molecule has 2 rings (SSSR count). The zero-order valence-corrected chi connectivity index (χ0v) is 11.6. The molecule has 2 aromatic heterocycles. The van der Waals surface area contributed by atoms with Crippen molar-refractivity contribution in [2.75, 3.05) is 5.32 Å². The van der Waals surface area contributed by atoms with Crippen LogP contribution in [-0.2, 0) is 6.54 Å². The number of carbonyl (C=O) groups is 1. The molecule has 6 heteroatoms. The number of aromatic carboxylic acids is 1. The highest BCUT2D eigenvalue weighted by Crippen LogP contribution is 2.18. The van der Waals surface area contributed by atoms with Crippen LogP contribution in [0.5, 0.6) is 0 Å². The molecule has 0 saturated heterocycles. The molecule has 0 aliphatic carbocycles. The molecule has 0 aliphatic rings. The fourth-order valence-electron chi connectivity index (χ4n) is 1.57. The van der Waals surface area contributed by atoms with Crippen molar-refractivity contribution in [2.45, 2.75) is 26.3 Å². The van der Waals surface area contributed by atoms with E-state index in [1.807, 2.05) is 19.2 Å². The Kier molecular flexibility index (Phi) is 4.11. The van der Waals surface area contributed by atoms with Crippen molar-refractivity contribution < 1.29 is 9.90 Å². The number of carboxylic acid groups (broad SMARTS) is 1. The lowest BCUT2D eigenvalue weighted by Gasteiger charge is -2.10. The van der Waals surface area contributed by atoms with E-state index in [2.05, 4.69) is 15.3 Å². The third-order valence-electron chi connectivity index (χ3n) is 2.59. The van der Waals surface area contributed by atoms with E-state index in [1.165, 1.54) is 0 Å². The van der Waals surface area contributed by atoms with Gasteiger partial charge < -0.3 is 10.4 Å². The van der Waals surface area contributed by atoms with Gasteiger partial charge in [0.1, 0.15) is 10.8 Å². The van der Waals surface area contributed by atoms with Crippen LogP contribution in [0.25, 0.3) is 0 Å². The van der Waals surface area contributed by atoms with E-state index in [0.29, 0.717) is 12.4 Å². The van der Waals surface area contributed by atoms with Gasteiger partial charge in [-0.2, -0.15) is 0 Å². The molecule has 0 amide bonds. The van der Waals surface area contributed by atoms with Crippen molar-refractivity contribution in [3.8, 4) is 0 Å². The highest BCUT2D eigenvalue weighted by Gasteiger charge is 2.10. The minimum atomic E-state index is -0.943. The van der Waals surface area contributed by atoms with Crippen LogP contribution in [0.1, 0.15) is 40.8 Å². The summed E-state index contributed by atoms with van der Waals surface area (Å²) in [5.41, 5.74) is 1.02. The van der Waals surface area contributed by atoms with Gasteiger partial charge in [0.25, 0.3) is 0 Å². The predicted octanol–water partition coefficient (Wildman–Crippen LogP) is 2.97. The number of carboxylic acids is 1. The van der Waals surface area contributed by atoms with Crippen LogP contribution in [0.3, 0.4) is 0 Å². The molecule has 5 nitrogen and oxygen atoms in total. The second-order valence-corrected chi connectivity index (χ2v) is 5.38. The van der Waals surface area contributed by atoms with Crippen LogP contribution in [-0.4, -0.2) is 21.0 Å². The van der Waals surface area contributed by atoms with Gasteiger partial charge in [-0.25, -0.2) is 14.8 Å². The summed E-state index contributed by atoms with van der Waals surface area (Å²) in [4.78, 5) is 19.7. The van der Waals surface area contributed by atoms with E-state index in [4.69, 9.17) is 5.11 Å². The summed E-state index contributed by atoms with van der Waals surface area (Å²) in [6, 6.07) is 3.16. The Bertz CT molecular complexity index is 567. The maximum absolute atomic E-state index is 11.1. The Balaban J connectivity index is 2.21. The van der Waals surface area contributed by atoms with Crippen LogP contribution in [0.4, 0.5) is 5.82 Å². The first-order valence-corrected chi connectivity index (χ1v) is 6.81. The molecule has 0 aliphatic heterocycles. The fraction of sp³-hybridized carbons (Fsp3) is 0.308. The second kappa shape index (κ2) is 5.79. The highest BCUT2D eigenvalue weighted by molar-refractivity contribution is 7.09. The SMILES string of the molecule is CC(C)c1cc(C(=O)O)cc(NCc2nccs2)n1. The van der Waals surface area contributed by atoms with Crippen LogP contribution in [0, 0.1) is 0 Å². The molecule has 2 N–H and O–H groups in total. The molecule has 0 fully saturated rings. The molecule has 0 aromatic carbocycles. The van der Waals surface area contributed by atoms with Gasteiger partial charge in [0, 0.05) is 17.3 Å². The third-order valence-corrected chi connectivity index (χ3v) is 3.37. The number of hydrogen-bond acceptors (Lipinski definition) is 5. The van der Waals surface area contributed by atoms with Gasteiger partial charge in [-0.15, -0.1) is 11.3 Å². The normalized spacial score (nSPS) is 10.7. The van der Waals surface area contributed by atoms with Crippen LogP contribution >= 0.6 is 11.3 Å². The monoisotopic (exact) mass is 277 g/mol. The van der Waals surface area contributed by atoms with Gasteiger partial charge in [0.05, 0.1) is 12.1 Å². The zero-order valence-electron chi connectivity index (χ0n) is 10.8. The summed E-state index contributed by atoms with van der Waals surface area (Å²) in [6.45, 7) is 4.52. The number of nitrogens with one attached hydrogen (secondary N) is 1. The standard InChI is InChI=1S/C13H15N3O2S/c1-8(2)10-5-9(13(17)18)6-11(16-10)15-7-12-14-3-4-19-12/h3-6,8H,7H2,1-2H3,(H,15,16)(H,17,18). The number of nitrogens with zero attached hydrogens (tertiary/aromatic N) is 2. The largest absolute Gasteiger partial charge is 0.478 e.